The number of pyridine rings is 1. The van der Waals surface area contributed by atoms with Crippen molar-refractivity contribution < 1.29 is 22.0 Å². The fourth-order valence-electron chi connectivity index (χ4n) is 1.23. The Hall–Kier alpha value is -0.760. The Kier molecular flexibility index (Phi) is 3.84. The maximum absolute atomic E-state index is 12.6. The minimum Gasteiger partial charge on any atom is -0.326 e. The lowest BCUT2D eigenvalue weighted by Crippen LogP contribution is -2.17. The van der Waals surface area contributed by atoms with Crippen LogP contribution in [0.25, 0.3) is 0 Å². The Morgan fingerprint density at radius 3 is 2.31 bits per heavy atom. The zero-order valence-electron chi connectivity index (χ0n) is 7.65. The molecule has 16 heavy (non-hydrogen) atoms. The molecule has 0 saturated heterocycles. The van der Waals surface area contributed by atoms with Gasteiger partial charge in [-0.3, -0.25) is 0 Å². The molecule has 90 valence electrons. The van der Waals surface area contributed by atoms with E-state index >= 15 is 0 Å². The van der Waals surface area contributed by atoms with Crippen molar-refractivity contribution in [2.75, 3.05) is 0 Å². The van der Waals surface area contributed by atoms with Crippen molar-refractivity contribution in [1.29, 1.82) is 0 Å². The molecule has 0 aromatic carbocycles. The van der Waals surface area contributed by atoms with Crippen LogP contribution in [0, 0.1) is 0 Å². The van der Waals surface area contributed by atoms with Crippen LogP contribution in [-0.4, -0.2) is 4.98 Å². The summed E-state index contributed by atoms with van der Waals surface area (Å²) in [6.07, 6.45) is -7.32. The Balaban J connectivity index is 3.56. The largest absolute Gasteiger partial charge is 0.417 e. The van der Waals surface area contributed by atoms with Gasteiger partial charge in [0.25, 0.3) is 6.43 Å². The molecule has 0 unspecified atom stereocenters. The number of rotatable bonds is 2. The molecule has 1 rings (SSSR count). The first kappa shape index (κ1) is 13.3. The van der Waals surface area contributed by atoms with Crippen molar-refractivity contribution in [3.63, 3.8) is 0 Å². The molecule has 0 bridgehead atoms. The van der Waals surface area contributed by atoms with Crippen LogP contribution < -0.4 is 5.73 Å². The summed E-state index contributed by atoms with van der Waals surface area (Å²) in [6.45, 7) is -0.505. The van der Waals surface area contributed by atoms with Crippen molar-refractivity contribution in [2.24, 2.45) is 5.73 Å². The molecule has 0 spiro atoms. The summed E-state index contributed by atoms with van der Waals surface area (Å²) in [4.78, 5) is 3.40. The molecule has 2 N–H and O–H groups in total. The lowest BCUT2D eigenvalue weighted by atomic mass is 10.0. The zero-order valence-corrected chi connectivity index (χ0v) is 9.24. The van der Waals surface area contributed by atoms with Gasteiger partial charge in [0.2, 0.25) is 0 Å². The van der Waals surface area contributed by atoms with Gasteiger partial charge in [-0.2, -0.15) is 13.2 Å². The topological polar surface area (TPSA) is 38.9 Å². The van der Waals surface area contributed by atoms with Crippen LogP contribution in [0.3, 0.4) is 0 Å². The van der Waals surface area contributed by atoms with Gasteiger partial charge in [-0.15, -0.1) is 0 Å². The second-order valence-corrected chi connectivity index (χ2v) is 3.62. The monoisotopic (exact) mass is 304 g/mol. The molecule has 0 amide bonds. The molecule has 0 saturated carbocycles. The number of nitrogens with two attached hydrogens (primary N) is 1. The highest BCUT2D eigenvalue weighted by Crippen LogP contribution is 2.40. The van der Waals surface area contributed by atoms with Crippen LogP contribution in [0.1, 0.15) is 23.1 Å². The number of nitrogens with zero attached hydrogens (tertiary/aromatic N) is 1. The summed E-state index contributed by atoms with van der Waals surface area (Å²) >= 11 is 2.57. The molecule has 0 aliphatic rings. The minimum absolute atomic E-state index is 0.453. The Morgan fingerprint density at radius 2 is 1.94 bits per heavy atom. The van der Waals surface area contributed by atoms with Gasteiger partial charge in [-0.25, -0.2) is 13.8 Å². The van der Waals surface area contributed by atoms with Crippen molar-refractivity contribution in [3.8, 4) is 0 Å². The molecule has 0 atom stereocenters. The molecular weight excluding hydrogens is 299 g/mol. The van der Waals surface area contributed by atoms with E-state index in [1.165, 1.54) is 0 Å². The predicted octanol–water partition coefficient (Wildman–Crippen LogP) is 3.26. The lowest BCUT2D eigenvalue weighted by Gasteiger charge is -2.16. The summed E-state index contributed by atoms with van der Waals surface area (Å²) in [5, 5.41) is 0. The summed E-state index contributed by atoms with van der Waals surface area (Å²) in [7, 11) is 0. The minimum atomic E-state index is -4.88. The average molecular weight is 305 g/mol. The van der Waals surface area contributed by atoms with Gasteiger partial charge in [0.05, 0.1) is 11.1 Å². The molecule has 1 heterocycles. The number of hydrogen-bond acceptors (Lipinski definition) is 2. The number of aromatic nitrogens is 1. The van der Waals surface area contributed by atoms with Crippen molar-refractivity contribution in [2.45, 2.75) is 19.1 Å². The van der Waals surface area contributed by atoms with Crippen LogP contribution in [0.15, 0.2) is 10.8 Å². The zero-order chi connectivity index (χ0) is 12.5. The van der Waals surface area contributed by atoms with Gasteiger partial charge >= 0.3 is 6.18 Å². The highest BCUT2D eigenvalue weighted by atomic mass is 79.9. The van der Waals surface area contributed by atoms with E-state index in [1.807, 2.05) is 0 Å². The van der Waals surface area contributed by atoms with Crippen LogP contribution >= 0.6 is 15.9 Å². The Morgan fingerprint density at radius 1 is 1.38 bits per heavy atom. The van der Waals surface area contributed by atoms with E-state index in [2.05, 4.69) is 20.9 Å². The van der Waals surface area contributed by atoms with E-state index in [9.17, 15) is 22.0 Å². The van der Waals surface area contributed by atoms with E-state index < -0.39 is 40.4 Å². The molecule has 1 aromatic heterocycles. The van der Waals surface area contributed by atoms with Gasteiger partial charge < -0.3 is 5.73 Å². The molecular formula is C8H6BrF5N2. The molecule has 0 aliphatic heterocycles. The first-order valence-corrected chi connectivity index (χ1v) is 4.81. The SMILES string of the molecule is NCc1cnc(Br)c(C(F)F)c1C(F)(F)F. The first-order chi connectivity index (χ1) is 7.29. The van der Waals surface area contributed by atoms with E-state index in [1.54, 1.807) is 0 Å². The van der Waals surface area contributed by atoms with Crippen LogP contribution in [0.5, 0.6) is 0 Å². The molecule has 8 heteroatoms. The normalized spacial score (nSPS) is 12.2. The van der Waals surface area contributed by atoms with Crippen molar-refractivity contribution in [1.82, 2.24) is 4.98 Å². The third-order valence-electron chi connectivity index (χ3n) is 1.87. The van der Waals surface area contributed by atoms with Gasteiger partial charge in [0, 0.05) is 12.7 Å². The summed E-state index contributed by atoms with van der Waals surface area (Å²) in [5.74, 6) is 0. The lowest BCUT2D eigenvalue weighted by molar-refractivity contribution is -0.140. The first-order valence-electron chi connectivity index (χ1n) is 4.01. The quantitative estimate of drug-likeness (QED) is 0.673. The van der Waals surface area contributed by atoms with Gasteiger partial charge in [0.1, 0.15) is 4.60 Å². The average Bonchev–Trinajstić information content (AvgIpc) is 2.15. The standard InChI is InChI=1S/C8H6BrF5N2/c9-6-4(7(10)11)5(8(12,13)14)3(1-15)2-16-6/h2,7H,1,15H2. The number of halogens is 6. The highest BCUT2D eigenvalue weighted by Gasteiger charge is 2.39. The maximum atomic E-state index is 12.6. The predicted molar refractivity (Wildman–Crippen MR) is 49.8 cm³/mol. The van der Waals surface area contributed by atoms with Crippen LogP contribution in [-0.2, 0) is 12.7 Å². The molecule has 0 radical (unpaired) electrons. The smallest absolute Gasteiger partial charge is 0.326 e. The van der Waals surface area contributed by atoms with E-state index in [0.717, 1.165) is 6.20 Å². The van der Waals surface area contributed by atoms with E-state index in [0.29, 0.717) is 0 Å². The maximum Gasteiger partial charge on any atom is 0.417 e. The highest BCUT2D eigenvalue weighted by molar-refractivity contribution is 9.10. The van der Waals surface area contributed by atoms with Crippen LogP contribution in [0.2, 0.25) is 0 Å². The third kappa shape index (κ3) is 2.49. The fourth-order valence-corrected chi connectivity index (χ4v) is 1.71. The van der Waals surface area contributed by atoms with E-state index in [-0.39, 0.29) is 0 Å². The van der Waals surface area contributed by atoms with Crippen molar-refractivity contribution >= 4 is 15.9 Å². The molecule has 2 nitrogen and oxygen atoms in total. The Bertz CT molecular complexity index is 391. The molecule has 0 fully saturated rings. The van der Waals surface area contributed by atoms with Gasteiger partial charge in [-0.1, -0.05) is 0 Å². The van der Waals surface area contributed by atoms with E-state index in [4.69, 9.17) is 5.73 Å². The second kappa shape index (κ2) is 4.62. The second-order valence-electron chi connectivity index (χ2n) is 2.87. The third-order valence-corrected chi connectivity index (χ3v) is 2.50. The number of alkyl halides is 5. The van der Waals surface area contributed by atoms with Crippen LogP contribution in [0.4, 0.5) is 22.0 Å². The fraction of sp³-hybridized carbons (Fsp3) is 0.375. The summed E-state index contributed by atoms with van der Waals surface area (Å²) in [5.41, 5.74) is 2.03. The van der Waals surface area contributed by atoms with Gasteiger partial charge in [-0.05, 0) is 21.5 Å². The van der Waals surface area contributed by atoms with Gasteiger partial charge in [0.15, 0.2) is 0 Å². The summed E-state index contributed by atoms with van der Waals surface area (Å²) < 4.78 is 62.3. The van der Waals surface area contributed by atoms with Crippen molar-refractivity contribution in [3.05, 3.63) is 27.5 Å². The Labute approximate surface area is 95.8 Å². The molecule has 0 aliphatic carbocycles. The molecule has 1 aromatic rings. The number of hydrogen-bond donors (Lipinski definition) is 1. The summed E-state index contributed by atoms with van der Waals surface area (Å²) in [6, 6.07) is 0.